The lowest BCUT2D eigenvalue weighted by Crippen LogP contribution is -2.47. The molecule has 22 heavy (non-hydrogen) atoms. The molecule has 6 unspecified atom stereocenters. The van der Waals surface area contributed by atoms with E-state index in [0.29, 0.717) is 17.5 Å². The summed E-state index contributed by atoms with van der Waals surface area (Å²) in [6.45, 7) is 9.66. The lowest BCUT2D eigenvalue weighted by Gasteiger charge is -2.51. The first-order chi connectivity index (χ1) is 10.5. The van der Waals surface area contributed by atoms with Crippen LogP contribution in [-0.2, 0) is 0 Å². The van der Waals surface area contributed by atoms with Gasteiger partial charge in [-0.05, 0) is 67.6 Å². The van der Waals surface area contributed by atoms with E-state index >= 15 is 0 Å². The fourth-order valence-electron chi connectivity index (χ4n) is 5.62. The minimum Gasteiger partial charge on any atom is -0.327 e. The van der Waals surface area contributed by atoms with E-state index in [1.165, 1.54) is 57.8 Å². The molecule has 0 bridgehead atoms. The molecule has 6 atom stereocenters. The second kappa shape index (κ2) is 7.66. The van der Waals surface area contributed by atoms with Gasteiger partial charge in [0.25, 0.3) is 0 Å². The molecular formula is C20H40N2. The van der Waals surface area contributed by atoms with Crippen LogP contribution in [0.5, 0.6) is 0 Å². The molecular weight excluding hydrogens is 268 g/mol. The summed E-state index contributed by atoms with van der Waals surface area (Å²) in [4.78, 5) is 0. The summed E-state index contributed by atoms with van der Waals surface area (Å²) < 4.78 is 0. The third-order valence-electron chi connectivity index (χ3n) is 7.76. The number of hydrogen-bond acceptors (Lipinski definition) is 2. The van der Waals surface area contributed by atoms with E-state index in [2.05, 4.69) is 27.7 Å². The molecule has 0 radical (unpaired) electrons. The van der Waals surface area contributed by atoms with E-state index in [1.54, 1.807) is 0 Å². The van der Waals surface area contributed by atoms with Crippen LogP contribution in [0.4, 0.5) is 0 Å². The Balaban J connectivity index is 2.10. The largest absolute Gasteiger partial charge is 0.327 e. The second-order valence-electron chi connectivity index (χ2n) is 8.54. The predicted molar refractivity (Wildman–Crippen MR) is 96.6 cm³/mol. The van der Waals surface area contributed by atoms with Crippen LogP contribution < -0.4 is 11.5 Å². The van der Waals surface area contributed by atoms with E-state index in [1.807, 2.05) is 0 Å². The van der Waals surface area contributed by atoms with Crippen molar-refractivity contribution in [1.82, 2.24) is 0 Å². The highest BCUT2D eigenvalue weighted by molar-refractivity contribution is 4.96. The van der Waals surface area contributed by atoms with Crippen LogP contribution in [0.3, 0.4) is 0 Å². The molecule has 0 aliphatic heterocycles. The molecule has 0 heterocycles. The van der Waals surface area contributed by atoms with Crippen LogP contribution >= 0.6 is 0 Å². The lowest BCUT2D eigenvalue weighted by atomic mass is 9.55. The molecule has 2 aliphatic carbocycles. The average Bonchev–Trinajstić information content (AvgIpc) is 2.55. The molecule has 2 fully saturated rings. The number of nitrogens with two attached hydrogens (primary N) is 2. The van der Waals surface area contributed by atoms with Gasteiger partial charge in [-0.15, -0.1) is 0 Å². The van der Waals surface area contributed by atoms with Gasteiger partial charge in [-0.25, -0.2) is 0 Å². The quantitative estimate of drug-likeness (QED) is 0.772. The molecule has 0 aromatic carbocycles. The molecule has 4 N–H and O–H groups in total. The second-order valence-corrected chi connectivity index (χ2v) is 8.54. The van der Waals surface area contributed by atoms with Crippen molar-refractivity contribution in [2.24, 2.45) is 40.6 Å². The van der Waals surface area contributed by atoms with Crippen molar-refractivity contribution >= 4 is 0 Å². The zero-order chi connectivity index (χ0) is 16.3. The van der Waals surface area contributed by atoms with Crippen LogP contribution in [0.15, 0.2) is 0 Å². The van der Waals surface area contributed by atoms with E-state index in [9.17, 15) is 0 Å². The first kappa shape index (κ1) is 18.3. The Morgan fingerprint density at radius 2 is 1.18 bits per heavy atom. The molecule has 2 heteroatoms. The minimum absolute atomic E-state index is 0.450. The third kappa shape index (κ3) is 3.53. The summed E-state index contributed by atoms with van der Waals surface area (Å²) >= 11 is 0. The Hall–Kier alpha value is -0.0800. The normalized spacial score (nSPS) is 42.8. The van der Waals surface area contributed by atoms with Gasteiger partial charge in [-0.2, -0.15) is 0 Å². The van der Waals surface area contributed by atoms with Crippen molar-refractivity contribution in [2.45, 2.75) is 97.6 Å². The van der Waals surface area contributed by atoms with Gasteiger partial charge < -0.3 is 11.5 Å². The summed E-state index contributed by atoms with van der Waals surface area (Å²) in [6.07, 6.45) is 11.7. The summed E-state index contributed by atoms with van der Waals surface area (Å²) in [6, 6.07) is 0.899. The van der Waals surface area contributed by atoms with Gasteiger partial charge in [-0.3, -0.25) is 0 Å². The third-order valence-corrected chi connectivity index (χ3v) is 7.76. The lowest BCUT2D eigenvalue weighted by molar-refractivity contribution is 0.00205. The molecule has 0 amide bonds. The number of rotatable bonds is 5. The summed E-state index contributed by atoms with van der Waals surface area (Å²) in [5.41, 5.74) is 13.2. The first-order valence-corrected chi connectivity index (χ1v) is 9.97. The molecule has 0 saturated heterocycles. The van der Waals surface area contributed by atoms with Crippen molar-refractivity contribution in [2.75, 3.05) is 0 Å². The highest BCUT2D eigenvalue weighted by Gasteiger charge is 2.45. The topological polar surface area (TPSA) is 52.0 Å². The van der Waals surface area contributed by atoms with E-state index < -0.39 is 0 Å². The summed E-state index contributed by atoms with van der Waals surface area (Å²) in [5.74, 6) is 3.24. The highest BCUT2D eigenvalue weighted by Crippen LogP contribution is 2.52. The zero-order valence-electron chi connectivity index (χ0n) is 15.5. The molecule has 0 aromatic rings. The van der Waals surface area contributed by atoms with Gasteiger partial charge in [0.2, 0.25) is 0 Å². The van der Waals surface area contributed by atoms with Crippen molar-refractivity contribution in [3.63, 3.8) is 0 Å². The van der Waals surface area contributed by atoms with Crippen LogP contribution in [0.2, 0.25) is 0 Å². The smallest absolute Gasteiger partial charge is 0.00672 e. The Labute approximate surface area is 138 Å². The number of hydrogen-bond donors (Lipinski definition) is 2. The molecule has 2 rings (SSSR count). The van der Waals surface area contributed by atoms with Crippen molar-refractivity contribution < 1.29 is 0 Å². The highest BCUT2D eigenvalue weighted by atomic mass is 14.7. The van der Waals surface area contributed by atoms with Gasteiger partial charge in [-0.1, -0.05) is 47.0 Å². The summed E-state index contributed by atoms with van der Waals surface area (Å²) in [5, 5.41) is 0. The van der Waals surface area contributed by atoms with Gasteiger partial charge in [0.1, 0.15) is 0 Å². The molecule has 130 valence electrons. The van der Waals surface area contributed by atoms with E-state index in [4.69, 9.17) is 11.5 Å². The fourth-order valence-corrected chi connectivity index (χ4v) is 5.62. The van der Waals surface area contributed by atoms with Crippen LogP contribution in [0.25, 0.3) is 0 Å². The Morgan fingerprint density at radius 1 is 0.773 bits per heavy atom. The monoisotopic (exact) mass is 308 g/mol. The molecule has 2 nitrogen and oxygen atoms in total. The van der Waals surface area contributed by atoms with Gasteiger partial charge in [0.05, 0.1) is 0 Å². The van der Waals surface area contributed by atoms with Gasteiger partial charge in [0, 0.05) is 12.1 Å². The first-order valence-electron chi connectivity index (χ1n) is 9.97. The molecule has 0 spiro atoms. The Bertz CT molecular complexity index is 313. The minimum atomic E-state index is 0.450. The maximum absolute atomic E-state index is 6.36. The SMILES string of the molecule is CCC1CC(C(C)(CC)C2CCC(N)C(CC)C2)CCC1N. The molecule has 2 saturated carbocycles. The summed E-state index contributed by atoms with van der Waals surface area (Å²) in [7, 11) is 0. The standard InChI is InChI=1S/C20H40N2/c1-5-14-12-16(8-10-18(14)21)20(4,7-3)17-9-11-19(22)15(6-2)13-17/h14-19H,5-13,21-22H2,1-4H3. The average molecular weight is 309 g/mol. The Morgan fingerprint density at radius 3 is 1.50 bits per heavy atom. The zero-order valence-corrected chi connectivity index (χ0v) is 15.5. The Kier molecular flexibility index (Phi) is 6.36. The maximum Gasteiger partial charge on any atom is 0.00672 e. The fraction of sp³-hybridized carbons (Fsp3) is 1.00. The van der Waals surface area contributed by atoms with Crippen LogP contribution in [0, 0.1) is 29.1 Å². The van der Waals surface area contributed by atoms with E-state index in [0.717, 1.165) is 23.7 Å². The van der Waals surface area contributed by atoms with Crippen LogP contribution in [-0.4, -0.2) is 12.1 Å². The molecule has 2 aliphatic rings. The van der Waals surface area contributed by atoms with Crippen molar-refractivity contribution in [3.05, 3.63) is 0 Å². The van der Waals surface area contributed by atoms with Gasteiger partial charge >= 0.3 is 0 Å². The van der Waals surface area contributed by atoms with Crippen molar-refractivity contribution in [1.29, 1.82) is 0 Å². The van der Waals surface area contributed by atoms with E-state index in [-0.39, 0.29) is 0 Å². The van der Waals surface area contributed by atoms with Crippen LogP contribution in [0.1, 0.15) is 85.5 Å². The van der Waals surface area contributed by atoms with Crippen molar-refractivity contribution in [3.8, 4) is 0 Å². The maximum atomic E-state index is 6.36. The predicted octanol–water partition coefficient (Wildman–Crippen LogP) is 4.71. The van der Waals surface area contributed by atoms with Gasteiger partial charge in [0.15, 0.2) is 0 Å². The molecule has 0 aromatic heterocycles.